The van der Waals surface area contributed by atoms with Crippen molar-refractivity contribution >= 4 is 11.8 Å². The van der Waals surface area contributed by atoms with Crippen LogP contribution in [0, 0.1) is 11.3 Å². The van der Waals surface area contributed by atoms with Gasteiger partial charge in [-0.15, -0.1) is 6.58 Å². The average Bonchev–Trinajstić information content (AvgIpc) is 3.05. The van der Waals surface area contributed by atoms with E-state index in [2.05, 4.69) is 22.1 Å². The minimum Gasteiger partial charge on any atom is -0.352 e. The van der Waals surface area contributed by atoms with Crippen LogP contribution in [0.5, 0.6) is 0 Å². The third kappa shape index (κ3) is 3.49. The van der Waals surface area contributed by atoms with Crippen LogP contribution >= 0.6 is 0 Å². The molecule has 2 amide bonds. The molecule has 6 heteroatoms. The second-order valence-electron chi connectivity index (χ2n) is 7.39. The van der Waals surface area contributed by atoms with E-state index in [9.17, 15) is 9.59 Å². The zero-order valence-electron chi connectivity index (χ0n) is 14.6. The second kappa shape index (κ2) is 7.66. The van der Waals surface area contributed by atoms with Crippen LogP contribution in [-0.2, 0) is 9.59 Å². The summed E-state index contributed by atoms with van der Waals surface area (Å²) in [5.41, 5.74) is -0.151. The molecule has 1 saturated carbocycles. The van der Waals surface area contributed by atoms with Crippen molar-refractivity contribution in [2.45, 2.75) is 25.7 Å². The monoisotopic (exact) mass is 334 g/mol. The molecule has 0 aromatic heterocycles. The molecule has 3 fully saturated rings. The summed E-state index contributed by atoms with van der Waals surface area (Å²) >= 11 is 0. The van der Waals surface area contributed by atoms with Gasteiger partial charge < -0.3 is 15.5 Å². The molecule has 3 rings (SSSR count). The van der Waals surface area contributed by atoms with Crippen molar-refractivity contribution in [3.05, 3.63) is 12.7 Å². The number of hydrogen-bond acceptors (Lipinski definition) is 4. The Kier molecular flexibility index (Phi) is 5.56. The molecule has 134 valence electrons. The fourth-order valence-electron chi connectivity index (χ4n) is 4.54. The van der Waals surface area contributed by atoms with Crippen molar-refractivity contribution in [3.63, 3.8) is 0 Å². The molecular formula is C18H30N4O2. The minimum absolute atomic E-state index is 0.0283. The normalized spacial score (nSPS) is 30.7. The highest BCUT2D eigenvalue weighted by Crippen LogP contribution is 2.45. The molecule has 0 aromatic rings. The maximum atomic E-state index is 13.2. The highest BCUT2D eigenvalue weighted by molar-refractivity contribution is 5.84. The molecule has 0 spiro atoms. The predicted molar refractivity (Wildman–Crippen MR) is 93.5 cm³/mol. The van der Waals surface area contributed by atoms with Gasteiger partial charge in [-0.05, 0) is 25.3 Å². The lowest BCUT2D eigenvalue weighted by Gasteiger charge is -2.43. The van der Waals surface area contributed by atoms with E-state index >= 15 is 0 Å². The summed E-state index contributed by atoms with van der Waals surface area (Å²) in [6, 6.07) is 0. The van der Waals surface area contributed by atoms with Gasteiger partial charge in [-0.1, -0.05) is 18.9 Å². The van der Waals surface area contributed by atoms with Crippen molar-refractivity contribution in [1.82, 2.24) is 20.4 Å². The number of carbonyl (C=O) groups excluding carboxylic acids is 2. The number of fused-ring (bicyclic) bond motifs is 1. The molecule has 0 aromatic carbocycles. The van der Waals surface area contributed by atoms with Gasteiger partial charge in [-0.3, -0.25) is 14.5 Å². The quantitative estimate of drug-likeness (QED) is 0.706. The van der Waals surface area contributed by atoms with Crippen LogP contribution in [0.3, 0.4) is 0 Å². The maximum Gasteiger partial charge on any atom is 0.234 e. The number of nitrogens with zero attached hydrogens (tertiary/aromatic N) is 2. The van der Waals surface area contributed by atoms with Gasteiger partial charge >= 0.3 is 0 Å². The predicted octanol–water partition coefficient (Wildman–Crippen LogP) is 0.213. The Hall–Kier alpha value is -1.40. The molecule has 24 heavy (non-hydrogen) atoms. The number of carbonyl (C=O) groups is 2. The fourth-order valence-corrected chi connectivity index (χ4v) is 4.54. The smallest absolute Gasteiger partial charge is 0.234 e. The van der Waals surface area contributed by atoms with Gasteiger partial charge in [0.2, 0.25) is 11.8 Å². The van der Waals surface area contributed by atoms with Crippen LogP contribution < -0.4 is 10.6 Å². The topological polar surface area (TPSA) is 64.7 Å². The van der Waals surface area contributed by atoms with Gasteiger partial charge in [0.05, 0.1) is 12.0 Å². The highest BCUT2D eigenvalue weighted by atomic mass is 16.2. The Morgan fingerprint density at radius 2 is 2.04 bits per heavy atom. The first kappa shape index (κ1) is 17.4. The van der Waals surface area contributed by atoms with E-state index in [1.807, 2.05) is 4.90 Å². The van der Waals surface area contributed by atoms with Gasteiger partial charge in [-0.2, -0.15) is 0 Å². The van der Waals surface area contributed by atoms with E-state index in [0.717, 1.165) is 45.7 Å². The largest absolute Gasteiger partial charge is 0.352 e. The van der Waals surface area contributed by atoms with Gasteiger partial charge in [0.1, 0.15) is 0 Å². The number of nitrogens with one attached hydrogen (secondary N) is 2. The van der Waals surface area contributed by atoms with Gasteiger partial charge in [0.15, 0.2) is 0 Å². The Labute approximate surface area is 144 Å². The Balaban J connectivity index is 1.52. The molecule has 0 bridgehead atoms. The van der Waals surface area contributed by atoms with Crippen LogP contribution in [0.15, 0.2) is 12.7 Å². The highest BCUT2D eigenvalue weighted by Gasteiger charge is 2.51. The molecule has 1 aliphatic carbocycles. The Bertz CT molecular complexity index is 487. The third-order valence-electron chi connectivity index (χ3n) is 5.93. The summed E-state index contributed by atoms with van der Waals surface area (Å²) in [4.78, 5) is 29.2. The standard InChI is InChI=1S/C18H30N4O2/c1-2-7-20-16(23)13-21-8-10-22(11-9-21)17(24)18-6-4-3-5-15(18)12-19-14-18/h2,15,19H,1,3-14H2,(H,20,23)/t15-,18+/m0/s1. The summed E-state index contributed by atoms with van der Waals surface area (Å²) in [6.45, 7) is 9.40. The van der Waals surface area contributed by atoms with Gasteiger partial charge in [0, 0.05) is 39.3 Å². The lowest BCUT2D eigenvalue weighted by Crippen LogP contribution is -2.56. The van der Waals surface area contributed by atoms with Crippen molar-refractivity contribution in [3.8, 4) is 0 Å². The summed E-state index contributed by atoms with van der Waals surface area (Å²) in [6.07, 6.45) is 6.34. The van der Waals surface area contributed by atoms with Crippen LogP contribution in [0.25, 0.3) is 0 Å². The summed E-state index contributed by atoms with van der Waals surface area (Å²) in [5, 5.41) is 6.27. The van der Waals surface area contributed by atoms with Crippen LogP contribution in [-0.4, -0.2) is 74.0 Å². The third-order valence-corrected chi connectivity index (χ3v) is 5.93. The fraction of sp³-hybridized carbons (Fsp3) is 0.778. The van der Waals surface area contributed by atoms with E-state index in [4.69, 9.17) is 0 Å². The number of amides is 2. The van der Waals surface area contributed by atoms with E-state index in [1.165, 1.54) is 19.3 Å². The zero-order valence-corrected chi connectivity index (χ0v) is 14.6. The lowest BCUT2D eigenvalue weighted by atomic mass is 9.67. The first-order valence-electron chi connectivity index (χ1n) is 9.26. The molecule has 0 radical (unpaired) electrons. The lowest BCUT2D eigenvalue weighted by molar-refractivity contribution is -0.147. The van der Waals surface area contributed by atoms with Crippen molar-refractivity contribution in [2.24, 2.45) is 11.3 Å². The first-order chi connectivity index (χ1) is 11.7. The Morgan fingerprint density at radius 1 is 1.25 bits per heavy atom. The molecule has 2 N–H and O–H groups in total. The number of piperazine rings is 1. The molecule has 2 heterocycles. The molecular weight excluding hydrogens is 304 g/mol. The van der Waals surface area contributed by atoms with Gasteiger partial charge in [0.25, 0.3) is 0 Å². The van der Waals surface area contributed by atoms with E-state index < -0.39 is 0 Å². The van der Waals surface area contributed by atoms with E-state index in [0.29, 0.717) is 24.9 Å². The summed E-state index contributed by atoms with van der Waals surface area (Å²) in [7, 11) is 0. The SMILES string of the molecule is C=CCNC(=O)CN1CCN(C(=O)[C@@]23CCCC[C@H]2CNC3)CC1. The number of hydrogen-bond donors (Lipinski definition) is 2. The van der Waals surface area contributed by atoms with Gasteiger partial charge in [-0.25, -0.2) is 0 Å². The second-order valence-corrected chi connectivity index (χ2v) is 7.39. The maximum absolute atomic E-state index is 13.2. The summed E-state index contributed by atoms with van der Waals surface area (Å²) < 4.78 is 0. The molecule has 6 nitrogen and oxygen atoms in total. The van der Waals surface area contributed by atoms with Crippen LogP contribution in [0.1, 0.15) is 25.7 Å². The molecule has 0 unspecified atom stereocenters. The van der Waals surface area contributed by atoms with E-state index in [1.54, 1.807) is 6.08 Å². The average molecular weight is 334 g/mol. The summed E-state index contributed by atoms with van der Waals surface area (Å²) in [5.74, 6) is 0.898. The molecule has 3 aliphatic rings. The van der Waals surface area contributed by atoms with Crippen molar-refractivity contribution < 1.29 is 9.59 Å². The van der Waals surface area contributed by atoms with Crippen LogP contribution in [0.4, 0.5) is 0 Å². The number of rotatable bonds is 5. The Morgan fingerprint density at radius 3 is 2.79 bits per heavy atom. The van der Waals surface area contributed by atoms with Crippen LogP contribution in [0.2, 0.25) is 0 Å². The zero-order chi connectivity index (χ0) is 17.0. The molecule has 2 saturated heterocycles. The minimum atomic E-state index is -0.151. The van der Waals surface area contributed by atoms with Crippen molar-refractivity contribution in [2.75, 3.05) is 52.4 Å². The van der Waals surface area contributed by atoms with E-state index in [-0.39, 0.29) is 11.3 Å². The molecule has 2 atom stereocenters. The molecule has 2 aliphatic heterocycles. The first-order valence-corrected chi connectivity index (χ1v) is 9.26. The van der Waals surface area contributed by atoms with Crippen molar-refractivity contribution in [1.29, 1.82) is 0 Å².